The maximum atomic E-state index is 13.3. The van der Waals surface area contributed by atoms with E-state index in [2.05, 4.69) is 0 Å². The van der Waals surface area contributed by atoms with Crippen molar-refractivity contribution in [3.63, 3.8) is 0 Å². The summed E-state index contributed by atoms with van der Waals surface area (Å²) in [4.78, 5) is 51.2. The number of carbonyl (C=O) groups is 4. The number of rotatable bonds is 17. The zero-order valence-electron chi connectivity index (χ0n) is 24.3. The van der Waals surface area contributed by atoms with Crippen molar-refractivity contribution in [1.82, 2.24) is 0 Å². The second-order valence-corrected chi connectivity index (χ2v) is 12.5. The van der Waals surface area contributed by atoms with Crippen LogP contribution in [-0.4, -0.2) is 82.7 Å². The topological polar surface area (TPSA) is 175 Å². The summed E-state index contributed by atoms with van der Waals surface area (Å²) < 4.78 is 58.4. The molecule has 1 saturated heterocycles. The number of esters is 4. The van der Waals surface area contributed by atoms with Crippen LogP contribution >= 0.6 is 0 Å². The smallest absolute Gasteiger partial charge is 0.748 e. The van der Waals surface area contributed by atoms with Gasteiger partial charge in [0.2, 0.25) is 0 Å². The zero-order valence-corrected chi connectivity index (χ0v) is 27.1. The normalized spacial score (nSPS) is 15.6. The molecule has 0 saturated carbocycles. The number of carbonyl (C=O) groups excluding carboxylic acids is 4. The summed E-state index contributed by atoms with van der Waals surface area (Å²) in [5, 5.41) is 0. The van der Waals surface area contributed by atoms with Crippen LogP contribution in [0, 0.1) is 22.2 Å². The number of epoxide rings is 1. The van der Waals surface area contributed by atoms with E-state index in [1.54, 1.807) is 34.6 Å². The Morgan fingerprint density at radius 2 is 1.26 bits per heavy atom. The molecular formula is C33H73NaO12S. The molecule has 0 N–H and O–H groups in total. The Morgan fingerprint density at radius 3 is 1.64 bits per heavy atom. The third-order valence-corrected chi connectivity index (χ3v) is 7.54. The van der Waals surface area contributed by atoms with E-state index in [-0.39, 0.29) is 127 Å². The van der Waals surface area contributed by atoms with Gasteiger partial charge in [-0.1, -0.05) is 66.3 Å². The zero-order chi connectivity index (χ0) is 29.4. The predicted octanol–water partition coefficient (Wildman–Crippen LogP) is 4.08. The second kappa shape index (κ2) is 28.6. The summed E-state index contributed by atoms with van der Waals surface area (Å²) in [6.45, 7) is 8.07. The summed E-state index contributed by atoms with van der Waals surface area (Å²) in [5.41, 5.74) is -3.69. The molecule has 0 bridgehead atoms. The average Bonchev–Trinajstić information content (AvgIpc) is 3.67. The van der Waals surface area contributed by atoms with Crippen LogP contribution in [-0.2, 0) is 53.0 Å². The van der Waals surface area contributed by atoms with E-state index in [4.69, 9.17) is 23.7 Å². The molecule has 0 spiro atoms. The van der Waals surface area contributed by atoms with Crippen LogP contribution in [0.1, 0.15) is 126 Å². The molecule has 4 unspecified atom stereocenters. The summed E-state index contributed by atoms with van der Waals surface area (Å²) >= 11 is 0. The van der Waals surface area contributed by atoms with E-state index >= 15 is 0 Å². The van der Waals surface area contributed by atoms with E-state index < -0.39 is 68.5 Å². The molecule has 14 heteroatoms. The molecule has 1 aliphatic rings. The van der Waals surface area contributed by atoms with Crippen molar-refractivity contribution in [3.05, 3.63) is 0 Å². The van der Waals surface area contributed by atoms with Crippen molar-refractivity contribution < 1.29 is 85.4 Å². The molecule has 1 rings (SSSR count). The van der Waals surface area contributed by atoms with Gasteiger partial charge in [-0.05, 0) is 59.8 Å². The third-order valence-electron chi connectivity index (χ3n) is 6.88. The monoisotopic (exact) mass is 716 g/mol. The minimum Gasteiger partial charge on any atom is -0.748 e. The van der Waals surface area contributed by atoms with Crippen LogP contribution < -0.4 is 29.6 Å². The molecule has 0 amide bonds. The molecule has 0 aromatic rings. The number of methoxy groups -OCH3 is 2. The van der Waals surface area contributed by atoms with Crippen LogP contribution in [0.4, 0.5) is 0 Å². The van der Waals surface area contributed by atoms with Crippen LogP contribution in [0.5, 0.6) is 0 Å². The maximum Gasteiger partial charge on any atom is 1.00 e. The van der Waals surface area contributed by atoms with Crippen molar-refractivity contribution in [2.24, 2.45) is 22.2 Å². The molecule has 47 heavy (non-hydrogen) atoms. The Balaban J connectivity index is -0.000000229. The van der Waals surface area contributed by atoms with E-state index in [1.807, 2.05) is 0 Å². The molecule has 1 heterocycles. The predicted molar refractivity (Wildman–Crippen MR) is 186 cm³/mol. The molecule has 4 atom stereocenters. The van der Waals surface area contributed by atoms with Gasteiger partial charge >= 0.3 is 53.4 Å². The quantitative estimate of drug-likeness (QED) is 0.0695. The fourth-order valence-corrected chi connectivity index (χ4v) is 4.74. The standard InChI is InChI=1S/C25H42O12S.8CH4.Na/c1-8-17(19(26)33-6)13-24(4,21(28)35-11-12-38(30,31)32)9-10-25(5,16-23(2,3)20(27)34-7)22(29)37-15-18-14-36-18;;;;;;;;;/h17-18H,8-16H2,1-7H3,(H,30,31,32);8*1H4;/q;;;;;;;;;+1/p-1. The molecule has 1 fully saturated rings. The maximum absolute atomic E-state index is 13.3. The molecule has 0 radical (unpaired) electrons. The van der Waals surface area contributed by atoms with E-state index in [0.717, 1.165) is 0 Å². The van der Waals surface area contributed by atoms with E-state index in [9.17, 15) is 32.1 Å². The summed E-state index contributed by atoms with van der Waals surface area (Å²) in [7, 11) is -2.14. The van der Waals surface area contributed by atoms with Crippen molar-refractivity contribution in [1.29, 1.82) is 0 Å². The van der Waals surface area contributed by atoms with Gasteiger partial charge in [-0.3, -0.25) is 19.2 Å². The van der Waals surface area contributed by atoms with Gasteiger partial charge in [-0.2, -0.15) is 0 Å². The van der Waals surface area contributed by atoms with Gasteiger partial charge < -0.3 is 28.2 Å². The molecule has 0 aliphatic carbocycles. The minimum atomic E-state index is -4.61. The van der Waals surface area contributed by atoms with E-state index in [1.165, 1.54) is 14.2 Å². The molecule has 1 aliphatic heterocycles. The van der Waals surface area contributed by atoms with Crippen molar-refractivity contribution in [3.8, 4) is 0 Å². The van der Waals surface area contributed by atoms with E-state index in [0.29, 0.717) is 13.0 Å². The molecule has 0 aromatic heterocycles. The van der Waals surface area contributed by atoms with Crippen LogP contribution in [0.25, 0.3) is 0 Å². The van der Waals surface area contributed by atoms with Gasteiger partial charge in [0.1, 0.15) is 19.3 Å². The van der Waals surface area contributed by atoms with Gasteiger partial charge in [0.05, 0.1) is 58.9 Å². The van der Waals surface area contributed by atoms with Crippen molar-refractivity contribution in [2.45, 2.75) is 132 Å². The Bertz CT molecular complexity index is 967. The Kier molecular flexibility index (Phi) is 41.2. The van der Waals surface area contributed by atoms with Gasteiger partial charge in [-0.15, -0.1) is 0 Å². The first kappa shape index (κ1) is 67.8. The molecule has 284 valence electrons. The summed E-state index contributed by atoms with van der Waals surface area (Å²) in [6.07, 6.45) is 0.263. The first-order valence-electron chi connectivity index (χ1n) is 12.5. The molecule has 0 aromatic carbocycles. The largest absolute Gasteiger partial charge is 1.00 e. The van der Waals surface area contributed by atoms with Crippen molar-refractivity contribution in [2.75, 3.05) is 39.8 Å². The third kappa shape index (κ3) is 22.9. The van der Waals surface area contributed by atoms with Crippen LogP contribution in [0.15, 0.2) is 0 Å². The molecule has 12 nitrogen and oxygen atoms in total. The van der Waals surface area contributed by atoms with Crippen molar-refractivity contribution >= 4 is 34.0 Å². The van der Waals surface area contributed by atoms with Crippen LogP contribution in [0.2, 0.25) is 0 Å². The summed E-state index contributed by atoms with van der Waals surface area (Å²) in [5.74, 6) is -4.05. The van der Waals surface area contributed by atoms with Crippen LogP contribution in [0.3, 0.4) is 0 Å². The number of hydrogen-bond acceptors (Lipinski definition) is 12. The van der Waals surface area contributed by atoms with Gasteiger partial charge in [0.25, 0.3) is 0 Å². The second-order valence-electron chi connectivity index (χ2n) is 11.0. The molecular weight excluding hydrogens is 643 g/mol. The van der Waals surface area contributed by atoms with Gasteiger partial charge in [0, 0.05) is 0 Å². The average molecular weight is 717 g/mol. The summed E-state index contributed by atoms with van der Waals surface area (Å²) in [6, 6.07) is 0. The minimum absolute atomic E-state index is 0. The fourth-order valence-electron chi connectivity index (χ4n) is 4.45. The Labute approximate surface area is 312 Å². The fraction of sp³-hybridized carbons (Fsp3) is 0.879. The first-order valence-corrected chi connectivity index (χ1v) is 14.1. The first-order chi connectivity index (χ1) is 17.4. The number of ether oxygens (including phenoxy) is 5. The Hall–Kier alpha value is -1.25. The Morgan fingerprint density at radius 1 is 0.809 bits per heavy atom. The van der Waals surface area contributed by atoms with Gasteiger partial charge in [-0.25, -0.2) is 8.42 Å². The SMILES string of the molecule is C.C.C.C.C.C.C.C.CCC(CC(C)(CCC(C)(CC(C)(C)C(=O)OC)C(=O)OCC1CO1)C(=O)OCCS(=O)(=O)[O-])C(=O)OC.[Na+]. The number of hydrogen-bond donors (Lipinski definition) is 0. The van der Waals surface area contributed by atoms with Gasteiger partial charge in [0.15, 0.2) is 0 Å².